The molecule has 1 N–H and O–H groups in total. The first-order valence-corrected chi connectivity index (χ1v) is 7.56. The molecule has 1 atom stereocenters. The molecule has 0 bridgehead atoms. The number of halogens is 1. The van der Waals surface area contributed by atoms with E-state index in [4.69, 9.17) is 11.6 Å². The Labute approximate surface area is 117 Å². The minimum Gasteiger partial charge on any atom is -0.319 e. The molecule has 1 nitrogen and oxygen atoms in total. The summed E-state index contributed by atoms with van der Waals surface area (Å²) in [5, 5.41) is 4.20. The molecule has 1 rings (SSSR count). The van der Waals surface area contributed by atoms with E-state index in [-0.39, 0.29) is 0 Å². The maximum absolute atomic E-state index is 6.29. The summed E-state index contributed by atoms with van der Waals surface area (Å²) in [5.74, 6) is 0.547. The highest BCUT2D eigenvalue weighted by Gasteiger charge is 2.13. The van der Waals surface area contributed by atoms with Gasteiger partial charge in [0.2, 0.25) is 0 Å². The minimum atomic E-state index is 0.547. The molecule has 1 unspecified atom stereocenters. The maximum Gasteiger partial charge on any atom is 0.0441 e. The largest absolute Gasteiger partial charge is 0.319 e. The fraction of sp³-hybridized carbons (Fsp3) is 0.625. The predicted molar refractivity (Wildman–Crippen MR) is 81.5 cm³/mol. The third-order valence-corrected chi connectivity index (χ3v) is 3.80. The Hall–Kier alpha value is -0.530. The zero-order valence-corrected chi connectivity index (χ0v) is 12.5. The van der Waals surface area contributed by atoms with Gasteiger partial charge in [-0.3, -0.25) is 0 Å². The molecule has 102 valence electrons. The van der Waals surface area contributed by atoms with Gasteiger partial charge in [0.1, 0.15) is 0 Å². The van der Waals surface area contributed by atoms with Crippen molar-refractivity contribution < 1.29 is 0 Å². The van der Waals surface area contributed by atoms with Gasteiger partial charge in [-0.2, -0.15) is 0 Å². The van der Waals surface area contributed by atoms with Crippen LogP contribution in [0.1, 0.15) is 56.9 Å². The standard InChI is InChI=1S/C16H26ClN/c1-3-4-5-6-7-10-14(13-18-2)15-11-8-9-12-16(15)17/h8-9,11-12,14,18H,3-7,10,13H2,1-2H3. The summed E-state index contributed by atoms with van der Waals surface area (Å²) >= 11 is 6.29. The molecule has 0 aliphatic rings. The summed E-state index contributed by atoms with van der Waals surface area (Å²) in [5.41, 5.74) is 1.30. The van der Waals surface area contributed by atoms with Crippen LogP contribution in [-0.4, -0.2) is 13.6 Å². The number of likely N-dealkylation sites (N-methyl/N-ethyl adjacent to an activating group) is 1. The Kier molecular flexibility index (Phi) is 8.11. The Bertz CT molecular complexity index is 325. The van der Waals surface area contributed by atoms with Crippen molar-refractivity contribution in [3.8, 4) is 0 Å². The second kappa shape index (κ2) is 9.41. The number of hydrogen-bond donors (Lipinski definition) is 1. The molecule has 0 spiro atoms. The number of benzene rings is 1. The molecule has 0 saturated heterocycles. The average molecular weight is 268 g/mol. The van der Waals surface area contributed by atoms with Gasteiger partial charge in [0.25, 0.3) is 0 Å². The third-order valence-electron chi connectivity index (χ3n) is 3.45. The van der Waals surface area contributed by atoms with Crippen molar-refractivity contribution in [3.05, 3.63) is 34.9 Å². The fourth-order valence-electron chi connectivity index (χ4n) is 2.41. The first-order chi connectivity index (χ1) is 8.79. The van der Waals surface area contributed by atoms with E-state index in [1.54, 1.807) is 0 Å². The van der Waals surface area contributed by atoms with Crippen molar-refractivity contribution in [1.82, 2.24) is 5.32 Å². The molecule has 0 radical (unpaired) electrons. The van der Waals surface area contributed by atoms with Crippen LogP contribution in [0.2, 0.25) is 5.02 Å². The van der Waals surface area contributed by atoms with Crippen LogP contribution < -0.4 is 5.32 Å². The molecule has 1 aromatic carbocycles. The fourth-order valence-corrected chi connectivity index (χ4v) is 2.70. The Morgan fingerprint density at radius 2 is 1.83 bits per heavy atom. The first-order valence-electron chi connectivity index (χ1n) is 7.18. The van der Waals surface area contributed by atoms with Gasteiger partial charge < -0.3 is 5.32 Å². The first kappa shape index (κ1) is 15.5. The van der Waals surface area contributed by atoms with E-state index in [2.05, 4.69) is 24.4 Å². The van der Waals surface area contributed by atoms with Gasteiger partial charge in [0.05, 0.1) is 0 Å². The minimum absolute atomic E-state index is 0.547. The van der Waals surface area contributed by atoms with Crippen molar-refractivity contribution in [2.45, 2.75) is 51.4 Å². The van der Waals surface area contributed by atoms with Gasteiger partial charge in [0.15, 0.2) is 0 Å². The lowest BCUT2D eigenvalue weighted by atomic mass is 9.92. The molecule has 2 heteroatoms. The zero-order chi connectivity index (χ0) is 13.2. The molecule has 0 saturated carbocycles. The highest BCUT2D eigenvalue weighted by atomic mass is 35.5. The molecular weight excluding hydrogens is 242 g/mol. The van der Waals surface area contributed by atoms with Crippen LogP contribution >= 0.6 is 11.6 Å². The summed E-state index contributed by atoms with van der Waals surface area (Å²) in [7, 11) is 2.01. The zero-order valence-electron chi connectivity index (χ0n) is 11.7. The van der Waals surface area contributed by atoms with Crippen molar-refractivity contribution in [3.63, 3.8) is 0 Å². The molecule has 0 fully saturated rings. The van der Waals surface area contributed by atoms with E-state index < -0.39 is 0 Å². The summed E-state index contributed by atoms with van der Waals surface area (Å²) in [6.45, 7) is 3.27. The highest BCUT2D eigenvalue weighted by Crippen LogP contribution is 2.28. The molecule has 0 aliphatic heterocycles. The second-order valence-electron chi connectivity index (χ2n) is 4.98. The van der Waals surface area contributed by atoms with Gasteiger partial charge in [-0.05, 0) is 31.0 Å². The second-order valence-corrected chi connectivity index (χ2v) is 5.39. The molecule has 0 heterocycles. The molecule has 1 aromatic rings. The predicted octanol–water partition coefficient (Wildman–Crippen LogP) is 5.00. The topological polar surface area (TPSA) is 12.0 Å². The molecule has 0 aliphatic carbocycles. The number of rotatable bonds is 9. The van der Waals surface area contributed by atoms with E-state index in [9.17, 15) is 0 Å². The van der Waals surface area contributed by atoms with Crippen molar-refractivity contribution >= 4 is 11.6 Å². The normalized spacial score (nSPS) is 12.6. The Morgan fingerprint density at radius 1 is 1.11 bits per heavy atom. The van der Waals surface area contributed by atoms with E-state index >= 15 is 0 Å². The van der Waals surface area contributed by atoms with Crippen molar-refractivity contribution in [1.29, 1.82) is 0 Å². The van der Waals surface area contributed by atoms with Crippen LogP contribution in [-0.2, 0) is 0 Å². The maximum atomic E-state index is 6.29. The van der Waals surface area contributed by atoms with E-state index in [0.29, 0.717) is 5.92 Å². The third kappa shape index (κ3) is 5.41. The summed E-state index contributed by atoms with van der Waals surface area (Å²) in [6.07, 6.45) is 7.92. The Balaban J connectivity index is 2.47. The average Bonchev–Trinajstić information content (AvgIpc) is 2.38. The smallest absolute Gasteiger partial charge is 0.0441 e. The van der Waals surface area contributed by atoms with Crippen molar-refractivity contribution in [2.24, 2.45) is 0 Å². The van der Waals surface area contributed by atoms with Crippen LogP contribution in [0.25, 0.3) is 0 Å². The SMILES string of the molecule is CCCCCCCC(CNC)c1ccccc1Cl. The lowest BCUT2D eigenvalue weighted by molar-refractivity contribution is 0.527. The van der Waals surface area contributed by atoms with E-state index in [0.717, 1.165) is 11.6 Å². The quantitative estimate of drug-likeness (QED) is 0.621. The van der Waals surface area contributed by atoms with Gasteiger partial charge in [-0.15, -0.1) is 0 Å². The monoisotopic (exact) mass is 267 g/mol. The summed E-state index contributed by atoms with van der Waals surface area (Å²) < 4.78 is 0. The number of nitrogens with one attached hydrogen (secondary N) is 1. The van der Waals surface area contributed by atoms with E-state index in [1.165, 1.54) is 44.1 Å². The van der Waals surface area contributed by atoms with Gasteiger partial charge in [-0.1, -0.05) is 68.8 Å². The molecule has 0 aromatic heterocycles. The van der Waals surface area contributed by atoms with Gasteiger partial charge >= 0.3 is 0 Å². The van der Waals surface area contributed by atoms with E-state index in [1.807, 2.05) is 19.2 Å². The molecule has 0 amide bonds. The Morgan fingerprint density at radius 3 is 2.50 bits per heavy atom. The molecule has 18 heavy (non-hydrogen) atoms. The van der Waals surface area contributed by atoms with Crippen LogP contribution in [0.5, 0.6) is 0 Å². The summed E-state index contributed by atoms with van der Waals surface area (Å²) in [6, 6.07) is 8.25. The van der Waals surface area contributed by atoms with Gasteiger partial charge in [-0.25, -0.2) is 0 Å². The molecular formula is C16H26ClN. The number of unbranched alkanes of at least 4 members (excludes halogenated alkanes) is 4. The lowest BCUT2D eigenvalue weighted by Gasteiger charge is -2.18. The van der Waals surface area contributed by atoms with Crippen molar-refractivity contribution in [2.75, 3.05) is 13.6 Å². The lowest BCUT2D eigenvalue weighted by Crippen LogP contribution is -2.17. The highest BCUT2D eigenvalue weighted by molar-refractivity contribution is 6.31. The van der Waals surface area contributed by atoms with Crippen LogP contribution in [0.3, 0.4) is 0 Å². The van der Waals surface area contributed by atoms with Crippen LogP contribution in [0, 0.1) is 0 Å². The van der Waals surface area contributed by atoms with Gasteiger partial charge in [0, 0.05) is 11.6 Å². The summed E-state index contributed by atoms with van der Waals surface area (Å²) in [4.78, 5) is 0. The number of hydrogen-bond acceptors (Lipinski definition) is 1. The van der Waals surface area contributed by atoms with Crippen LogP contribution in [0.4, 0.5) is 0 Å². The van der Waals surface area contributed by atoms with Crippen LogP contribution in [0.15, 0.2) is 24.3 Å².